The number of benzene rings is 1. The van der Waals surface area contributed by atoms with E-state index < -0.39 is 0 Å². The number of halogens is 1. The lowest BCUT2D eigenvalue weighted by Gasteiger charge is -2.13. The summed E-state index contributed by atoms with van der Waals surface area (Å²) in [5.74, 6) is 0.531. The lowest BCUT2D eigenvalue weighted by molar-refractivity contribution is -0.116. The standard InChI is InChI=1S/C15H14ClN3O2S/c1-9-7-17-15-19(14(9)21)12(8-22-15)6-13(20)18-11-4-2-3-10(16)5-11/h2-5,7,12H,6,8H2,1H3,(H,18,20). The van der Waals surface area contributed by atoms with Crippen molar-refractivity contribution in [2.24, 2.45) is 0 Å². The number of carbonyl (C=O) groups is 1. The molecule has 1 unspecified atom stereocenters. The van der Waals surface area contributed by atoms with Gasteiger partial charge in [-0.1, -0.05) is 29.4 Å². The van der Waals surface area contributed by atoms with Crippen LogP contribution in [-0.2, 0) is 4.79 Å². The number of thioether (sulfide) groups is 1. The Hall–Kier alpha value is -1.79. The van der Waals surface area contributed by atoms with E-state index in [2.05, 4.69) is 10.3 Å². The molecule has 0 saturated carbocycles. The van der Waals surface area contributed by atoms with Crippen LogP contribution in [0.3, 0.4) is 0 Å². The zero-order valence-corrected chi connectivity index (χ0v) is 13.4. The Labute approximate surface area is 136 Å². The largest absolute Gasteiger partial charge is 0.326 e. The Kier molecular flexibility index (Phi) is 4.22. The van der Waals surface area contributed by atoms with Gasteiger partial charge in [0.05, 0.1) is 6.04 Å². The summed E-state index contributed by atoms with van der Waals surface area (Å²) in [6, 6.07) is 6.82. The maximum Gasteiger partial charge on any atom is 0.257 e. The molecule has 0 fully saturated rings. The minimum absolute atomic E-state index is 0.0736. The summed E-state index contributed by atoms with van der Waals surface area (Å²) in [5.41, 5.74) is 1.17. The highest BCUT2D eigenvalue weighted by molar-refractivity contribution is 7.99. The topological polar surface area (TPSA) is 64.0 Å². The second-order valence-corrected chi connectivity index (χ2v) is 6.55. The number of anilines is 1. The molecule has 2 heterocycles. The van der Waals surface area contributed by atoms with Gasteiger partial charge in [-0.25, -0.2) is 4.98 Å². The van der Waals surface area contributed by atoms with Crippen molar-refractivity contribution in [3.63, 3.8) is 0 Å². The third-order valence-corrected chi connectivity index (χ3v) is 4.78. The number of hydrogen-bond donors (Lipinski definition) is 1. The Morgan fingerprint density at radius 3 is 3.14 bits per heavy atom. The molecule has 0 aliphatic carbocycles. The number of aromatic nitrogens is 2. The molecule has 1 N–H and O–H groups in total. The number of aryl methyl sites for hydroxylation is 1. The molecule has 1 aliphatic heterocycles. The fourth-order valence-corrected chi connectivity index (χ4v) is 3.66. The van der Waals surface area contributed by atoms with E-state index >= 15 is 0 Å². The highest BCUT2D eigenvalue weighted by Gasteiger charge is 2.27. The predicted molar refractivity (Wildman–Crippen MR) is 87.7 cm³/mol. The maximum absolute atomic E-state index is 12.2. The fourth-order valence-electron chi connectivity index (χ4n) is 2.36. The summed E-state index contributed by atoms with van der Waals surface area (Å²) < 4.78 is 1.62. The minimum Gasteiger partial charge on any atom is -0.326 e. The van der Waals surface area contributed by atoms with Gasteiger partial charge in [0, 0.05) is 34.6 Å². The van der Waals surface area contributed by atoms with Crippen LogP contribution in [0.1, 0.15) is 18.0 Å². The summed E-state index contributed by atoms with van der Waals surface area (Å²) >= 11 is 7.40. The molecule has 3 rings (SSSR count). The summed E-state index contributed by atoms with van der Waals surface area (Å²) in [4.78, 5) is 28.7. The average Bonchev–Trinajstić information content (AvgIpc) is 2.86. The predicted octanol–water partition coefficient (Wildman–Crippen LogP) is 2.88. The molecular formula is C15H14ClN3O2S. The second kappa shape index (κ2) is 6.14. The molecule has 1 atom stereocenters. The Balaban J connectivity index is 1.75. The first-order valence-corrected chi connectivity index (χ1v) is 8.17. The van der Waals surface area contributed by atoms with Crippen molar-refractivity contribution in [2.75, 3.05) is 11.1 Å². The molecule has 7 heteroatoms. The zero-order valence-electron chi connectivity index (χ0n) is 11.9. The Morgan fingerprint density at radius 2 is 2.36 bits per heavy atom. The summed E-state index contributed by atoms with van der Waals surface area (Å²) in [6.07, 6.45) is 1.81. The van der Waals surface area contributed by atoms with Crippen LogP contribution in [-0.4, -0.2) is 21.2 Å². The normalized spacial score (nSPS) is 16.4. The van der Waals surface area contributed by atoms with Crippen LogP contribution in [0.2, 0.25) is 5.02 Å². The van der Waals surface area contributed by atoms with Crippen LogP contribution in [0, 0.1) is 6.92 Å². The number of carbonyl (C=O) groups excluding carboxylic acids is 1. The second-order valence-electron chi connectivity index (χ2n) is 5.13. The molecule has 0 radical (unpaired) electrons. The highest BCUT2D eigenvalue weighted by atomic mass is 35.5. The van der Waals surface area contributed by atoms with Gasteiger partial charge in [0.2, 0.25) is 5.91 Å². The first-order chi connectivity index (χ1) is 10.5. The molecule has 1 aromatic heterocycles. The SMILES string of the molecule is Cc1cnc2n(c1=O)C(CC(=O)Nc1cccc(Cl)c1)CS2. The van der Waals surface area contributed by atoms with E-state index in [9.17, 15) is 9.59 Å². The molecule has 5 nitrogen and oxygen atoms in total. The van der Waals surface area contributed by atoms with Crippen molar-refractivity contribution in [3.05, 3.63) is 51.4 Å². The third-order valence-electron chi connectivity index (χ3n) is 3.43. The first-order valence-electron chi connectivity index (χ1n) is 6.81. The number of nitrogens with zero attached hydrogens (tertiary/aromatic N) is 2. The number of amides is 1. The average molecular weight is 336 g/mol. The summed E-state index contributed by atoms with van der Waals surface area (Å²) in [6.45, 7) is 1.73. The van der Waals surface area contributed by atoms with Crippen molar-refractivity contribution in [1.82, 2.24) is 9.55 Å². The zero-order chi connectivity index (χ0) is 15.7. The van der Waals surface area contributed by atoms with Gasteiger partial charge in [0.25, 0.3) is 5.56 Å². The van der Waals surface area contributed by atoms with Gasteiger partial charge in [-0.3, -0.25) is 14.2 Å². The Morgan fingerprint density at radius 1 is 1.55 bits per heavy atom. The van der Waals surface area contributed by atoms with Gasteiger partial charge >= 0.3 is 0 Å². The van der Waals surface area contributed by atoms with E-state index in [1.165, 1.54) is 11.8 Å². The number of nitrogens with one attached hydrogen (secondary N) is 1. The number of rotatable bonds is 3. The molecular weight excluding hydrogens is 322 g/mol. The lowest BCUT2D eigenvalue weighted by Crippen LogP contribution is -2.28. The van der Waals surface area contributed by atoms with E-state index in [1.807, 2.05) is 0 Å². The molecule has 1 amide bonds. The minimum atomic E-state index is -0.168. The van der Waals surface area contributed by atoms with Crippen molar-refractivity contribution in [1.29, 1.82) is 0 Å². The first kappa shape index (κ1) is 15.1. The van der Waals surface area contributed by atoms with Crippen LogP contribution >= 0.6 is 23.4 Å². The van der Waals surface area contributed by atoms with Crippen LogP contribution in [0.25, 0.3) is 0 Å². The van der Waals surface area contributed by atoms with Crippen LogP contribution in [0.15, 0.2) is 40.4 Å². The molecule has 0 bridgehead atoms. The van der Waals surface area contributed by atoms with Gasteiger partial charge in [0.1, 0.15) is 0 Å². The molecule has 0 spiro atoms. The highest BCUT2D eigenvalue weighted by Crippen LogP contribution is 2.32. The smallest absolute Gasteiger partial charge is 0.257 e. The molecule has 114 valence electrons. The van der Waals surface area contributed by atoms with Gasteiger partial charge in [-0.05, 0) is 25.1 Å². The van der Waals surface area contributed by atoms with Crippen LogP contribution in [0.5, 0.6) is 0 Å². The van der Waals surface area contributed by atoms with E-state index in [0.717, 1.165) is 0 Å². The Bertz CT molecular complexity index is 791. The van der Waals surface area contributed by atoms with E-state index in [1.54, 1.807) is 42.0 Å². The summed E-state index contributed by atoms with van der Waals surface area (Å²) in [5, 5.41) is 4.05. The van der Waals surface area contributed by atoms with Gasteiger partial charge in [-0.2, -0.15) is 0 Å². The van der Waals surface area contributed by atoms with E-state index in [0.29, 0.717) is 27.2 Å². The van der Waals surface area contributed by atoms with E-state index in [-0.39, 0.29) is 23.9 Å². The van der Waals surface area contributed by atoms with Crippen molar-refractivity contribution in [3.8, 4) is 0 Å². The fraction of sp³-hybridized carbons (Fsp3) is 0.267. The lowest BCUT2D eigenvalue weighted by atomic mass is 10.2. The van der Waals surface area contributed by atoms with Gasteiger partial charge < -0.3 is 5.32 Å². The number of fused-ring (bicyclic) bond motifs is 1. The molecule has 1 aromatic carbocycles. The van der Waals surface area contributed by atoms with Crippen LogP contribution < -0.4 is 10.9 Å². The maximum atomic E-state index is 12.2. The summed E-state index contributed by atoms with van der Waals surface area (Å²) in [7, 11) is 0. The molecule has 1 aliphatic rings. The van der Waals surface area contributed by atoms with Crippen molar-refractivity contribution >= 4 is 35.0 Å². The van der Waals surface area contributed by atoms with Gasteiger partial charge in [0.15, 0.2) is 5.16 Å². The van der Waals surface area contributed by atoms with Crippen LogP contribution in [0.4, 0.5) is 5.69 Å². The molecule has 2 aromatic rings. The van der Waals surface area contributed by atoms with Gasteiger partial charge in [-0.15, -0.1) is 0 Å². The van der Waals surface area contributed by atoms with E-state index in [4.69, 9.17) is 11.6 Å². The van der Waals surface area contributed by atoms with Crippen molar-refractivity contribution in [2.45, 2.75) is 24.5 Å². The molecule has 22 heavy (non-hydrogen) atoms. The molecule has 0 saturated heterocycles. The monoisotopic (exact) mass is 335 g/mol. The number of hydrogen-bond acceptors (Lipinski definition) is 4. The quantitative estimate of drug-likeness (QED) is 0.876. The van der Waals surface area contributed by atoms with Crippen molar-refractivity contribution < 1.29 is 4.79 Å². The third kappa shape index (κ3) is 3.03.